The van der Waals surface area contributed by atoms with Crippen molar-refractivity contribution in [3.05, 3.63) is 75.0 Å². The van der Waals surface area contributed by atoms with E-state index in [1.54, 1.807) is 24.3 Å². The number of ether oxygens (including phenoxy) is 1. The summed E-state index contributed by atoms with van der Waals surface area (Å²) in [7, 11) is 0. The topological polar surface area (TPSA) is 71.5 Å². The summed E-state index contributed by atoms with van der Waals surface area (Å²) in [6.45, 7) is 2.37. The molecule has 3 aromatic rings. The highest BCUT2D eigenvalue weighted by molar-refractivity contribution is 7.11. The van der Waals surface area contributed by atoms with E-state index in [2.05, 4.69) is 9.69 Å². The van der Waals surface area contributed by atoms with Crippen molar-refractivity contribution in [2.45, 2.75) is 44.7 Å². The van der Waals surface area contributed by atoms with Crippen LogP contribution in [0.25, 0.3) is 0 Å². The number of halogens is 3. The van der Waals surface area contributed by atoms with Gasteiger partial charge in [-0.1, -0.05) is 48.2 Å². The third-order valence-electron chi connectivity index (χ3n) is 5.84. The van der Waals surface area contributed by atoms with Crippen molar-refractivity contribution >= 4 is 52.2 Å². The molecular weight excluding hydrogens is 512 g/mol. The Balaban J connectivity index is 1.81. The Kier molecular flexibility index (Phi) is 8.26. The smallest absolute Gasteiger partial charge is 0.280 e. The third kappa shape index (κ3) is 5.77. The van der Waals surface area contributed by atoms with Crippen molar-refractivity contribution < 1.29 is 18.7 Å². The molecule has 1 unspecified atom stereocenters. The molecule has 0 radical (unpaired) electrons. The molecule has 1 aliphatic carbocycles. The van der Waals surface area contributed by atoms with Crippen LogP contribution in [0.2, 0.25) is 9.36 Å². The lowest BCUT2D eigenvalue weighted by molar-refractivity contribution is -0.123. The first-order chi connectivity index (χ1) is 16.9. The Labute approximate surface area is 217 Å². The zero-order valence-electron chi connectivity index (χ0n) is 19.0. The quantitative estimate of drug-likeness (QED) is 0.360. The van der Waals surface area contributed by atoms with Crippen LogP contribution in [0, 0.1) is 5.82 Å². The predicted molar refractivity (Wildman–Crippen MR) is 136 cm³/mol. The van der Waals surface area contributed by atoms with Crippen molar-refractivity contribution in [3.63, 3.8) is 0 Å². The minimum absolute atomic E-state index is 0.00965. The number of nitrogens with zero attached hydrogens (tertiary/aromatic N) is 2. The van der Waals surface area contributed by atoms with E-state index in [0.29, 0.717) is 23.6 Å². The normalized spacial score (nSPS) is 14.5. The molecule has 1 aromatic heterocycles. The second-order valence-electron chi connectivity index (χ2n) is 8.16. The van der Waals surface area contributed by atoms with Crippen LogP contribution in [0.5, 0.6) is 5.75 Å². The van der Waals surface area contributed by atoms with E-state index in [1.165, 1.54) is 29.2 Å². The lowest BCUT2D eigenvalue weighted by Crippen LogP contribution is -2.46. The lowest BCUT2D eigenvalue weighted by Gasteiger charge is -2.32. The summed E-state index contributed by atoms with van der Waals surface area (Å²) in [6, 6.07) is 11.3. The number of hydrogen-bond donors (Lipinski definition) is 1. The van der Waals surface area contributed by atoms with E-state index in [0.717, 1.165) is 37.2 Å². The molecular formula is C25H24Cl2FN3O3S. The molecule has 2 aromatic carbocycles. The third-order valence-corrected chi connectivity index (χ3v) is 7.45. The summed E-state index contributed by atoms with van der Waals surface area (Å²) < 4.78 is 23.6. The van der Waals surface area contributed by atoms with Gasteiger partial charge in [0.25, 0.3) is 5.91 Å². The molecule has 10 heteroatoms. The SMILES string of the molecule is CCOc1ccc(C(C(=O)NC2CCCC2)N(C(=O)c2nsc(Cl)c2Cl)c2ccc(F)cc2)cc1. The van der Waals surface area contributed by atoms with Gasteiger partial charge in [0.1, 0.15) is 27.0 Å². The molecule has 35 heavy (non-hydrogen) atoms. The van der Waals surface area contributed by atoms with Crippen molar-refractivity contribution in [2.24, 2.45) is 0 Å². The fourth-order valence-corrected chi connectivity index (χ4v) is 5.16. The maximum Gasteiger partial charge on any atom is 0.280 e. The van der Waals surface area contributed by atoms with Crippen molar-refractivity contribution in [3.8, 4) is 5.75 Å². The van der Waals surface area contributed by atoms with Gasteiger partial charge < -0.3 is 10.1 Å². The molecule has 1 atom stereocenters. The van der Waals surface area contributed by atoms with Crippen molar-refractivity contribution in [2.75, 3.05) is 11.5 Å². The number of aromatic nitrogens is 1. The Hall–Kier alpha value is -2.68. The van der Waals surface area contributed by atoms with Crippen LogP contribution in [0.1, 0.15) is 54.7 Å². The summed E-state index contributed by atoms with van der Waals surface area (Å²) in [5.74, 6) is -0.800. The minimum atomic E-state index is -1.07. The summed E-state index contributed by atoms with van der Waals surface area (Å²) >= 11 is 13.2. The lowest BCUT2D eigenvalue weighted by atomic mass is 10.0. The van der Waals surface area contributed by atoms with Gasteiger partial charge in [0.2, 0.25) is 5.91 Å². The second-order valence-corrected chi connectivity index (χ2v) is 9.92. The van der Waals surface area contributed by atoms with E-state index >= 15 is 0 Å². The molecule has 0 aliphatic heterocycles. The molecule has 1 saturated carbocycles. The molecule has 4 rings (SSSR count). The van der Waals surface area contributed by atoms with Gasteiger partial charge in [-0.15, -0.1) is 0 Å². The van der Waals surface area contributed by atoms with Gasteiger partial charge in [-0.25, -0.2) is 4.39 Å². The van der Waals surface area contributed by atoms with Gasteiger partial charge in [0, 0.05) is 11.7 Å². The Morgan fingerprint density at radius 3 is 2.37 bits per heavy atom. The highest BCUT2D eigenvalue weighted by Gasteiger charge is 2.37. The molecule has 0 saturated heterocycles. The van der Waals surface area contributed by atoms with Gasteiger partial charge in [0.15, 0.2) is 5.69 Å². The zero-order chi connectivity index (χ0) is 24.9. The Morgan fingerprint density at radius 2 is 1.80 bits per heavy atom. The van der Waals surface area contributed by atoms with Crippen LogP contribution in [0.3, 0.4) is 0 Å². The molecule has 2 amide bonds. The molecule has 1 N–H and O–H groups in total. The maximum atomic E-state index is 13.8. The molecule has 6 nitrogen and oxygen atoms in total. The van der Waals surface area contributed by atoms with Gasteiger partial charge in [-0.2, -0.15) is 4.37 Å². The first-order valence-electron chi connectivity index (χ1n) is 11.3. The van der Waals surface area contributed by atoms with E-state index in [-0.39, 0.29) is 27.0 Å². The Bertz CT molecular complexity index is 1180. The van der Waals surface area contributed by atoms with Crippen molar-refractivity contribution in [1.29, 1.82) is 0 Å². The number of carbonyl (C=O) groups excluding carboxylic acids is 2. The Morgan fingerprint density at radius 1 is 1.14 bits per heavy atom. The van der Waals surface area contributed by atoms with Crippen LogP contribution >= 0.6 is 34.7 Å². The summed E-state index contributed by atoms with van der Waals surface area (Å²) in [5.41, 5.74) is 0.798. The minimum Gasteiger partial charge on any atom is -0.494 e. The maximum absolute atomic E-state index is 13.8. The number of amides is 2. The van der Waals surface area contributed by atoms with E-state index in [9.17, 15) is 14.0 Å². The summed E-state index contributed by atoms with van der Waals surface area (Å²) in [6.07, 6.45) is 3.82. The van der Waals surface area contributed by atoms with Crippen LogP contribution in [0.15, 0.2) is 48.5 Å². The highest BCUT2D eigenvalue weighted by Crippen LogP contribution is 2.35. The summed E-state index contributed by atoms with van der Waals surface area (Å²) in [5, 5.41) is 3.10. The fourth-order valence-electron chi connectivity index (χ4n) is 4.17. The number of benzene rings is 2. The van der Waals surface area contributed by atoms with Gasteiger partial charge in [0.05, 0.1) is 6.61 Å². The number of nitrogens with one attached hydrogen (secondary N) is 1. The first kappa shape index (κ1) is 25.4. The molecule has 0 bridgehead atoms. The second kappa shape index (κ2) is 11.4. The van der Waals surface area contributed by atoms with E-state index in [1.807, 2.05) is 6.92 Å². The average molecular weight is 536 g/mol. The number of carbonyl (C=O) groups is 2. The van der Waals surface area contributed by atoms with Crippen LogP contribution < -0.4 is 15.0 Å². The monoisotopic (exact) mass is 535 g/mol. The average Bonchev–Trinajstić information content (AvgIpc) is 3.48. The van der Waals surface area contributed by atoms with Gasteiger partial charge in [-0.3, -0.25) is 14.5 Å². The summed E-state index contributed by atoms with van der Waals surface area (Å²) in [4.78, 5) is 28.8. The predicted octanol–water partition coefficient (Wildman–Crippen LogP) is 6.43. The standard InChI is InChI=1S/C25H24Cl2FN3O3S/c1-2-34-19-13-7-15(8-14-19)22(24(32)29-17-5-3-4-6-17)31(18-11-9-16(28)10-12-18)25(33)21-20(26)23(27)35-30-21/h7-14,17,22H,2-6H2,1H3,(H,29,32). The molecule has 184 valence electrons. The molecule has 0 spiro atoms. The van der Waals surface area contributed by atoms with E-state index < -0.39 is 17.8 Å². The molecule has 1 heterocycles. The van der Waals surface area contributed by atoms with E-state index in [4.69, 9.17) is 27.9 Å². The fraction of sp³-hybridized carbons (Fsp3) is 0.320. The number of anilines is 1. The van der Waals surface area contributed by atoms with Crippen LogP contribution in [0.4, 0.5) is 10.1 Å². The first-order valence-corrected chi connectivity index (χ1v) is 12.8. The number of rotatable bonds is 8. The van der Waals surface area contributed by atoms with Crippen molar-refractivity contribution in [1.82, 2.24) is 9.69 Å². The van der Waals surface area contributed by atoms with Gasteiger partial charge >= 0.3 is 0 Å². The largest absolute Gasteiger partial charge is 0.494 e. The van der Waals surface area contributed by atoms with Gasteiger partial charge in [-0.05, 0) is 73.3 Å². The highest BCUT2D eigenvalue weighted by atomic mass is 35.5. The molecule has 1 fully saturated rings. The van der Waals surface area contributed by atoms with Crippen LogP contribution in [-0.4, -0.2) is 28.8 Å². The van der Waals surface area contributed by atoms with Crippen LogP contribution in [-0.2, 0) is 4.79 Å². The molecule has 1 aliphatic rings. The number of hydrogen-bond acceptors (Lipinski definition) is 5. The zero-order valence-corrected chi connectivity index (χ0v) is 21.3.